The molecule has 2 aromatic rings. The van der Waals surface area contributed by atoms with Crippen LogP contribution in [-0.4, -0.2) is 23.7 Å². The first kappa shape index (κ1) is 13.1. The molecule has 1 unspecified atom stereocenters. The van der Waals surface area contributed by atoms with Crippen molar-refractivity contribution in [2.75, 3.05) is 13.7 Å². The van der Waals surface area contributed by atoms with E-state index in [1.54, 1.807) is 19.2 Å². The zero-order valence-corrected chi connectivity index (χ0v) is 12.5. The molecule has 110 valence electrons. The topological polar surface area (TPSA) is 32.7 Å². The van der Waals surface area contributed by atoms with Crippen molar-refractivity contribution >= 4 is 11.3 Å². The number of fused-ring (bicyclic) bond motifs is 4. The molecule has 1 aromatic carbocycles. The van der Waals surface area contributed by atoms with Gasteiger partial charge in [0.05, 0.1) is 7.11 Å². The Bertz CT molecular complexity index is 713. The molecule has 1 aromatic heterocycles. The smallest absolute Gasteiger partial charge is 0.176 e. The third kappa shape index (κ3) is 1.95. The normalized spacial score (nSPS) is 20.6. The molecule has 0 bridgehead atoms. The Morgan fingerprint density at radius 2 is 2.29 bits per heavy atom. The minimum Gasteiger partial charge on any atom is -0.504 e. The Kier molecular flexibility index (Phi) is 2.94. The first-order valence-corrected chi connectivity index (χ1v) is 7.89. The second kappa shape index (κ2) is 4.71. The van der Waals surface area contributed by atoms with E-state index in [4.69, 9.17) is 4.74 Å². The van der Waals surface area contributed by atoms with Crippen LogP contribution in [0, 0.1) is 5.13 Å². The predicted molar refractivity (Wildman–Crippen MR) is 79.5 cm³/mol. The lowest BCUT2D eigenvalue weighted by Crippen LogP contribution is -2.38. The Morgan fingerprint density at radius 3 is 3.10 bits per heavy atom. The van der Waals surface area contributed by atoms with Crippen LogP contribution in [0.4, 0.5) is 4.39 Å². The molecule has 0 aliphatic carbocycles. The Hall–Kier alpha value is -1.59. The molecule has 1 N–H and O–H groups in total. The number of thiophene rings is 1. The van der Waals surface area contributed by atoms with Crippen LogP contribution in [-0.2, 0) is 19.4 Å². The van der Waals surface area contributed by atoms with Crippen molar-refractivity contribution in [3.8, 4) is 11.5 Å². The number of aromatic hydroxyl groups is 1. The highest BCUT2D eigenvalue weighted by Crippen LogP contribution is 2.44. The van der Waals surface area contributed by atoms with Gasteiger partial charge in [-0.15, -0.1) is 11.3 Å². The molecule has 0 fully saturated rings. The number of hydrogen-bond acceptors (Lipinski definition) is 4. The third-order valence-corrected chi connectivity index (χ3v) is 5.55. The monoisotopic (exact) mass is 305 g/mol. The summed E-state index contributed by atoms with van der Waals surface area (Å²) < 4.78 is 18.9. The number of nitrogens with zero attached hydrogens (tertiary/aromatic N) is 1. The highest BCUT2D eigenvalue weighted by Gasteiger charge is 2.35. The number of benzene rings is 1. The number of phenolic OH excluding ortho intramolecular Hbond substituents is 1. The van der Waals surface area contributed by atoms with Crippen LogP contribution >= 0.6 is 11.3 Å². The molecule has 0 saturated heterocycles. The van der Waals surface area contributed by atoms with Gasteiger partial charge in [-0.25, -0.2) is 0 Å². The molecule has 2 aliphatic heterocycles. The average Bonchev–Trinajstić information content (AvgIpc) is 2.86. The number of rotatable bonds is 1. The van der Waals surface area contributed by atoms with E-state index in [-0.39, 0.29) is 16.9 Å². The van der Waals surface area contributed by atoms with Gasteiger partial charge in [0.1, 0.15) is 0 Å². The second-order valence-electron chi connectivity index (χ2n) is 5.63. The summed E-state index contributed by atoms with van der Waals surface area (Å²) in [5, 5.41) is 9.85. The summed E-state index contributed by atoms with van der Waals surface area (Å²) in [6.45, 7) is 1.67. The van der Waals surface area contributed by atoms with E-state index in [0.717, 1.165) is 37.1 Å². The summed E-state index contributed by atoms with van der Waals surface area (Å²) in [4.78, 5) is 3.54. The van der Waals surface area contributed by atoms with Gasteiger partial charge >= 0.3 is 0 Å². The lowest BCUT2D eigenvalue weighted by Gasteiger charge is -2.40. The zero-order valence-electron chi connectivity index (χ0n) is 11.7. The van der Waals surface area contributed by atoms with Gasteiger partial charge in [-0.1, -0.05) is 6.07 Å². The molecule has 4 rings (SSSR count). The van der Waals surface area contributed by atoms with E-state index in [2.05, 4.69) is 4.90 Å². The molecular formula is C16H16FNO2S. The Labute approximate surface area is 126 Å². The van der Waals surface area contributed by atoms with Gasteiger partial charge in [0.25, 0.3) is 0 Å². The van der Waals surface area contributed by atoms with Gasteiger partial charge in [0, 0.05) is 29.6 Å². The van der Waals surface area contributed by atoms with Crippen molar-refractivity contribution in [2.45, 2.75) is 25.4 Å². The fourth-order valence-electron chi connectivity index (χ4n) is 3.57. The quantitative estimate of drug-likeness (QED) is 0.878. The molecule has 3 nitrogen and oxygen atoms in total. The van der Waals surface area contributed by atoms with Gasteiger partial charge in [0.15, 0.2) is 16.6 Å². The number of ether oxygens (including phenoxy) is 1. The summed E-state index contributed by atoms with van der Waals surface area (Å²) in [5.41, 5.74) is 3.39. The molecule has 1 atom stereocenters. The maximum atomic E-state index is 13.6. The van der Waals surface area contributed by atoms with Crippen molar-refractivity contribution in [1.29, 1.82) is 0 Å². The first-order valence-electron chi connectivity index (χ1n) is 7.07. The van der Waals surface area contributed by atoms with Crippen LogP contribution in [0.3, 0.4) is 0 Å². The number of methoxy groups -OCH3 is 1. The molecule has 3 heterocycles. The average molecular weight is 305 g/mol. The lowest BCUT2D eigenvalue weighted by atomic mass is 9.87. The third-order valence-electron chi connectivity index (χ3n) is 4.55. The van der Waals surface area contributed by atoms with Crippen LogP contribution in [0.1, 0.15) is 27.6 Å². The van der Waals surface area contributed by atoms with Crippen molar-refractivity contribution in [3.05, 3.63) is 44.9 Å². The van der Waals surface area contributed by atoms with Crippen molar-refractivity contribution in [1.82, 2.24) is 4.90 Å². The summed E-state index contributed by atoms with van der Waals surface area (Å²) in [7, 11) is 1.59. The number of phenols is 1. The van der Waals surface area contributed by atoms with Gasteiger partial charge in [0.2, 0.25) is 0 Å². The van der Waals surface area contributed by atoms with Crippen molar-refractivity contribution in [2.24, 2.45) is 0 Å². The van der Waals surface area contributed by atoms with Crippen LogP contribution in [0.2, 0.25) is 0 Å². The van der Waals surface area contributed by atoms with E-state index in [1.165, 1.54) is 21.8 Å². The Morgan fingerprint density at radius 1 is 1.43 bits per heavy atom. The van der Waals surface area contributed by atoms with Crippen LogP contribution in [0.15, 0.2) is 18.2 Å². The van der Waals surface area contributed by atoms with E-state index >= 15 is 0 Å². The van der Waals surface area contributed by atoms with E-state index in [9.17, 15) is 9.50 Å². The van der Waals surface area contributed by atoms with Crippen LogP contribution < -0.4 is 4.74 Å². The maximum absolute atomic E-state index is 13.6. The van der Waals surface area contributed by atoms with Crippen LogP contribution in [0.5, 0.6) is 11.5 Å². The number of halogens is 1. The fourth-order valence-corrected chi connectivity index (χ4v) is 4.50. The minimum atomic E-state index is -0.0871. The fraction of sp³-hybridized carbons (Fsp3) is 0.375. The summed E-state index contributed by atoms with van der Waals surface area (Å²) in [5.74, 6) is 0.766. The summed E-state index contributed by atoms with van der Waals surface area (Å²) >= 11 is 1.28. The molecule has 5 heteroatoms. The van der Waals surface area contributed by atoms with Gasteiger partial charge in [-0.3, -0.25) is 4.90 Å². The van der Waals surface area contributed by atoms with Crippen LogP contribution in [0.25, 0.3) is 0 Å². The SMILES string of the molecule is COc1c(O)ccc2c1CN1CCc3sc(F)cc3C1C2. The molecule has 2 aliphatic rings. The van der Waals surface area contributed by atoms with E-state index in [1.807, 2.05) is 6.07 Å². The molecule has 0 radical (unpaired) electrons. The van der Waals surface area contributed by atoms with E-state index in [0.29, 0.717) is 5.75 Å². The van der Waals surface area contributed by atoms with Gasteiger partial charge in [-0.05, 0) is 36.1 Å². The first-order chi connectivity index (χ1) is 10.2. The summed E-state index contributed by atoms with van der Waals surface area (Å²) in [6.07, 6.45) is 1.74. The highest BCUT2D eigenvalue weighted by atomic mass is 32.1. The number of hydrogen-bond donors (Lipinski definition) is 1. The highest BCUT2D eigenvalue weighted by molar-refractivity contribution is 7.10. The molecule has 0 spiro atoms. The predicted octanol–water partition coefficient (Wildman–Crippen LogP) is 3.26. The van der Waals surface area contributed by atoms with Gasteiger partial charge < -0.3 is 9.84 Å². The molecule has 0 amide bonds. The molecular weight excluding hydrogens is 289 g/mol. The van der Waals surface area contributed by atoms with Gasteiger partial charge in [-0.2, -0.15) is 4.39 Å². The standard InChI is InChI=1S/C16H16FNO2S/c1-20-16-11-8-18-5-4-14-10(7-15(17)21-14)12(18)6-9(11)2-3-13(16)19/h2-3,7,12,19H,4-6,8H2,1H3. The molecule has 21 heavy (non-hydrogen) atoms. The van der Waals surface area contributed by atoms with Crippen molar-refractivity contribution < 1.29 is 14.2 Å². The molecule has 0 saturated carbocycles. The Balaban J connectivity index is 1.78. The second-order valence-corrected chi connectivity index (χ2v) is 6.71. The minimum absolute atomic E-state index is 0.0871. The largest absolute Gasteiger partial charge is 0.504 e. The maximum Gasteiger partial charge on any atom is 0.176 e. The summed E-state index contributed by atoms with van der Waals surface area (Å²) in [6, 6.07) is 5.59. The lowest BCUT2D eigenvalue weighted by molar-refractivity contribution is 0.159. The van der Waals surface area contributed by atoms with Crippen molar-refractivity contribution in [3.63, 3.8) is 0 Å². The zero-order chi connectivity index (χ0) is 14.6. The van der Waals surface area contributed by atoms with E-state index < -0.39 is 0 Å².